The molecule has 0 bridgehead atoms. The Morgan fingerprint density at radius 1 is 1.23 bits per heavy atom. The predicted octanol–water partition coefficient (Wildman–Crippen LogP) is 2.93. The maximum atomic E-state index is 13.9. The molecule has 1 aromatic heterocycles. The molecule has 2 heterocycles. The topological polar surface area (TPSA) is 28.2 Å². The van der Waals surface area contributed by atoms with Crippen molar-refractivity contribution in [3.8, 4) is 0 Å². The van der Waals surface area contributed by atoms with E-state index in [1.165, 1.54) is 0 Å². The third-order valence-electron chi connectivity index (χ3n) is 3.83. The molecular formula is C16H18ClF2N3. The average Bonchev–Trinajstić information content (AvgIpc) is 2.53. The van der Waals surface area contributed by atoms with Crippen molar-refractivity contribution in [2.45, 2.75) is 12.6 Å². The van der Waals surface area contributed by atoms with Gasteiger partial charge in [0.05, 0.1) is 0 Å². The van der Waals surface area contributed by atoms with Gasteiger partial charge in [0.25, 0.3) is 0 Å². The van der Waals surface area contributed by atoms with Crippen LogP contribution in [0.1, 0.15) is 17.2 Å². The highest BCUT2D eigenvalue weighted by Gasteiger charge is 2.25. The van der Waals surface area contributed by atoms with E-state index in [4.69, 9.17) is 0 Å². The Hall–Kier alpha value is -1.56. The van der Waals surface area contributed by atoms with Gasteiger partial charge in [-0.05, 0) is 17.7 Å². The van der Waals surface area contributed by atoms with E-state index in [1.54, 1.807) is 18.3 Å². The number of aromatic nitrogens is 1. The van der Waals surface area contributed by atoms with Crippen molar-refractivity contribution in [1.82, 2.24) is 15.2 Å². The smallest absolute Gasteiger partial charge is 0.163 e. The lowest BCUT2D eigenvalue weighted by atomic mass is 10.0. The molecule has 1 aliphatic heterocycles. The average molecular weight is 326 g/mol. The van der Waals surface area contributed by atoms with Gasteiger partial charge in [-0.2, -0.15) is 0 Å². The Balaban J connectivity index is 0.00000176. The third-order valence-corrected chi connectivity index (χ3v) is 3.83. The molecular weight excluding hydrogens is 308 g/mol. The lowest BCUT2D eigenvalue weighted by Gasteiger charge is -2.36. The summed E-state index contributed by atoms with van der Waals surface area (Å²) < 4.78 is 27.2. The second-order valence-electron chi connectivity index (χ2n) is 5.19. The number of hydrogen-bond donors (Lipinski definition) is 1. The number of rotatable bonds is 3. The first-order valence-corrected chi connectivity index (χ1v) is 7.03. The molecule has 2 aromatic rings. The van der Waals surface area contributed by atoms with Gasteiger partial charge in [0.1, 0.15) is 0 Å². The second-order valence-corrected chi connectivity index (χ2v) is 5.19. The standard InChI is InChI=1S/C16H17F2N3.ClH/c17-14-5-1-3-13(16(14)18)11-21-8-7-20-10-15(21)12-4-2-6-19-9-12;/h1-6,9,15,20H,7-8,10-11H2;1H. The van der Waals surface area contributed by atoms with Crippen molar-refractivity contribution in [2.75, 3.05) is 19.6 Å². The molecule has 1 fully saturated rings. The minimum Gasteiger partial charge on any atom is -0.314 e. The first kappa shape index (κ1) is 16.8. The van der Waals surface area contributed by atoms with Crippen LogP contribution in [0.25, 0.3) is 0 Å². The van der Waals surface area contributed by atoms with E-state index >= 15 is 0 Å². The molecule has 1 atom stereocenters. The quantitative estimate of drug-likeness (QED) is 0.940. The first-order valence-electron chi connectivity index (χ1n) is 7.03. The Morgan fingerprint density at radius 3 is 2.86 bits per heavy atom. The van der Waals surface area contributed by atoms with Crippen LogP contribution >= 0.6 is 12.4 Å². The molecule has 1 aliphatic rings. The van der Waals surface area contributed by atoms with Gasteiger partial charge in [-0.25, -0.2) is 8.78 Å². The summed E-state index contributed by atoms with van der Waals surface area (Å²) in [4.78, 5) is 6.30. The van der Waals surface area contributed by atoms with E-state index in [0.29, 0.717) is 12.1 Å². The zero-order valence-corrected chi connectivity index (χ0v) is 12.8. The summed E-state index contributed by atoms with van der Waals surface area (Å²) in [7, 11) is 0. The molecule has 1 unspecified atom stereocenters. The summed E-state index contributed by atoms with van der Waals surface area (Å²) in [6.45, 7) is 2.80. The molecule has 0 spiro atoms. The number of benzene rings is 1. The summed E-state index contributed by atoms with van der Waals surface area (Å²) in [6, 6.07) is 8.37. The fourth-order valence-corrected chi connectivity index (χ4v) is 2.73. The summed E-state index contributed by atoms with van der Waals surface area (Å²) in [5.41, 5.74) is 1.48. The second kappa shape index (κ2) is 7.63. The lowest BCUT2D eigenvalue weighted by molar-refractivity contribution is 0.151. The van der Waals surface area contributed by atoms with E-state index < -0.39 is 11.6 Å². The maximum absolute atomic E-state index is 13.9. The van der Waals surface area contributed by atoms with Crippen LogP contribution in [-0.4, -0.2) is 29.5 Å². The summed E-state index contributed by atoms with van der Waals surface area (Å²) in [5.74, 6) is -1.54. The summed E-state index contributed by atoms with van der Waals surface area (Å²) in [5, 5.41) is 3.34. The molecule has 1 aromatic carbocycles. The van der Waals surface area contributed by atoms with E-state index in [1.807, 2.05) is 18.3 Å². The Labute approximate surface area is 134 Å². The van der Waals surface area contributed by atoms with Crippen LogP contribution in [-0.2, 0) is 6.54 Å². The van der Waals surface area contributed by atoms with Gasteiger partial charge in [0.15, 0.2) is 11.6 Å². The Kier molecular flexibility index (Phi) is 5.83. The highest BCUT2D eigenvalue weighted by atomic mass is 35.5. The van der Waals surface area contributed by atoms with Crippen LogP contribution in [0.5, 0.6) is 0 Å². The first-order chi connectivity index (χ1) is 10.3. The van der Waals surface area contributed by atoms with Crippen LogP contribution in [0.3, 0.4) is 0 Å². The van der Waals surface area contributed by atoms with E-state index in [-0.39, 0.29) is 18.4 Å². The zero-order chi connectivity index (χ0) is 14.7. The van der Waals surface area contributed by atoms with Crippen molar-refractivity contribution in [3.05, 3.63) is 65.5 Å². The molecule has 22 heavy (non-hydrogen) atoms. The molecule has 3 rings (SSSR count). The highest BCUT2D eigenvalue weighted by Crippen LogP contribution is 2.24. The number of nitrogens with one attached hydrogen (secondary N) is 1. The van der Waals surface area contributed by atoms with Crippen LogP contribution in [0.2, 0.25) is 0 Å². The van der Waals surface area contributed by atoms with Crippen molar-refractivity contribution >= 4 is 12.4 Å². The fraction of sp³-hybridized carbons (Fsp3) is 0.312. The molecule has 0 amide bonds. The highest BCUT2D eigenvalue weighted by molar-refractivity contribution is 5.85. The molecule has 0 saturated carbocycles. The van der Waals surface area contributed by atoms with Crippen molar-refractivity contribution in [2.24, 2.45) is 0 Å². The molecule has 1 saturated heterocycles. The third kappa shape index (κ3) is 3.61. The number of pyridine rings is 1. The van der Waals surface area contributed by atoms with Gasteiger partial charge < -0.3 is 5.32 Å². The van der Waals surface area contributed by atoms with E-state index in [0.717, 1.165) is 31.3 Å². The molecule has 3 nitrogen and oxygen atoms in total. The van der Waals surface area contributed by atoms with Crippen molar-refractivity contribution in [1.29, 1.82) is 0 Å². The number of nitrogens with zero attached hydrogens (tertiary/aromatic N) is 2. The van der Waals surface area contributed by atoms with Gasteiger partial charge in [-0.3, -0.25) is 9.88 Å². The Bertz CT molecular complexity index is 610. The largest absolute Gasteiger partial charge is 0.314 e. The zero-order valence-electron chi connectivity index (χ0n) is 12.0. The molecule has 6 heteroatoms. The van der Waals surface area contributed by atoms with Crippen LogP contribution < -0.4 is 5.32 Å². The fourth-order valence-electron chi connectivity index (χ4n) is 2.73. The van der Waals surface area contributed by atoms with Gasteiger partial charge in [-0.1, -0.05) is 18.2 Å². The van der Waals surface area contributed by atoms with E-state index in [9.17, 15) is 8.78 Å². The minimum absolute atomic E-state index is 0. The number of halogens is 3. The number of piperazine rings is 1. The summed E-state index contributed by atoms with van der Waals surface area (Å²) in [6.07, 6.45) is 3.56. The summed E-state index contributed by atoms with van der Waals surface area (Å²) >= 11 is 0. The van der Waals surface area contributed by atoms with Crippen LogP contribution in [0.15, 0.2) is 42.7 Å². The SMILES string of the molecule is Cl.Fc1cccc(CN2CCNCC2c2cccnc2)c1F. The molecule has 118 valence electrons. The predicted molar refractivity (Wildman–Crippen MR) is 83.9 cm³/mol. The van der Waals surface area contributed by atoms with Gasteiger partial charge in [0.2, 0.25) is 0 Å². The molecule has 1 N–H and O–H groups in total. The monoisotopic (exact) mass is 325 g/mol. The van der Waals surface area contributed by atoms with Crippen LogP contribution in [0.4, 0.5) is 8.78 Å². The molecule has 0 aliphatic carbocycles. The normalized spacial score (nSPS) is 18.7. The maximum Gasteiger partial charge on any atom is 0.163 e. The number of hydrogen-bond acceptors (Lipinski definition) is 3. The van der Waals surface area contributed by atoms with Crippen molar-refractivity contribution < 1.29 is 8.78 Å². The van der Waals surface area contributed by atoms with E-state index in [2.05, 4.69) is 15.2 Å². The Morgan fingerprint density at radius 2 is 2.09 bits per heavy atom. The van der Waals surface area contributed by atoms with Crippen molar-refractivity contribution in [3.63, 3.8) is 0 Å². The molecule has 0 radical (unpaired) electrons. The minimum atomic E-state index is -0.791. The van der Waals surface area contributed by atoms with Gasteiger partial charge in [-0.15, -0.1) is 12.4 Å². The van der Waals surface area contributed by atoms with Gasteiger partial charge >= 0.3 is 0 Å². The van der Waals surface area contributed by atoms with Gasteiger partial charge in [0, 0.05) is 50.2 Å². The van der Waals surface area contributed by atoms with Crippen LogP contribution in [0, 0.1) is 11.6 Å². The lowest BCUT2D eigenvalue weighted by Crippen LogP contribution is -2.45.